The molecule has 0 spiro atoms. The van der Waals surface area contributed by atoms with Crippen LogP contribution >= 0.6 is 11.3 Å². The molecule has 0 saturated heterocycles. The molecular weight excluding hydrogens is 202 g/mol. The summed E-state index contributed by atoms with van der Waals surface area (Å²) in [6, 6.07) is 1.49. The van der Waals surface area contributed by atoms with Crippen LogP contribution in [0.2, 0.25) is 0 Å². The molecule has 14 heavy (non-hydrogen) atoms. The van der Waals surface area contributed by atoms with Gasteiger partial charge in [0.1, 0.15) is 4.88 Å². The molecule has 2 aromatic heterocycles. The van der Waals surface area contributed by atoms with Crippen LogP contribution in [-0.4, -0.2) is 22.3 Å². The number of aldehydes is 1. The number of carboxylic acid groups (broad SMARTS) is 1. The fraction of sp³-hybridized carbons (Fsp3) is 0. The lowest BCUT2D eigenvalue weighted by Gasteiger charge is -1.90. The molecule has 0 bridgehead atoms. The van der Waals surface area contributed by atoms with Crippen molar-refractivity contribution < 1.29 is 14.7 Å². The summed E-state index contributed by atoms with van der Waals surface area (Å²) in [6.45, 7) is 0. The van der Waals surface area contributed by atoms with E-state index < -0.39 is 5.97 Å². The number of carbonyl (C=O) groups is 2. The molecule has 2 heterocycles. The molecule has 0 saturated carbocycles. The highest BCUT2D eigenvalue weighted by atomic mass is 32.1. The average molecular weight is 207 g/mol. The van der Waals surface area contributed by atoms with Gasteiger partial charge in [-0.2, -0.15) is 0 Å². The van der Waals surface area contributed by atoms with Gasteiger partial charge in [0.2, 0.25) is 0 Å². The first-order valence-corrected chi connectivity index (χ1v) is 4.60. The molecule has 0 amide bonds. The molecule has 2 aromatic rings. The molecular formula is C9H5NO3S. The van der Waals surface area contributed by atoms with Crippen molar-refractivity contribution in [2.45, 2.75) is 0 Å². The Morgan fingerprint density at radius 1 is 1.50 bits per heavy atom. The monoisotopic (exact) mass is 207 g/mol. The van der Waals surface area contributed by atoms with Gasteiger partial charge in [0.05, 0.1) is 4.70 Å². The largest absolute Gasteiger partial charge is 0.477 e. The van der Waals surface area contributed by atoms with Crippen LogP contribution in [0, 0.1) is 0 Å². The normalized spacial score (nSPS) is 10.3. The third-order valence-corrected chi connectivity index (χ3v) is 2.87. The Morgan fingerprint density at radius 3 is 2.93 bits per heavy atom. The van der Waals surface area contributed by atoms with Crippen molar-refractivity contribution in [3.05, 3.63) is 28.9 Å². The van der Waals surface area contributed by atoms with Crippen molar-refractivity contribution in [3.8, 4) is 0 Å². The van der Waals surface area contributed by atoms with E-state index in [4.69, 9.17) is 5.11 Å². The Kier molecular flexibility index (Phi) is 2.01. The van der Waals surface area contributed by atoms with Crippen LogP contribution in [-0.2, 0) is 0 Å². The highest BCUT2D eigenvalue weighted by molar-refractivity contribution is 7.20. The second kappa shape index (κ2) is 3.19. The number of nitrogens with zero attached hydrogens (tertiary/aromatic N) is 1. The molecule has 70 valence electrons. The molecule has 4 nitrogen and oxygen atoms in total. The number of aromatic carboxylic acids is 1. The first-order valence-electron chi connectivity index (χ1n) is 3.78. The summed E-state index contributed by atoms with van der Waals surface area (Å²) in [4.78, 5) is 25.3. The van der Waals surface area contributed by atoms with Crippen LogP contribution in [0.5, 0.6) is 0 Å². The van der Waals surface area contributed by atoms with Gasteiger partial charge in [-0.15, -0.1) is 11.3 Å². The minimum Gasteiger partial charge on any atom is -0.477 e. The number of hydrogen-bond donors (Lipinski definition) is 1. The van der Waals surface area contributed by atoms with E-state index in [1.165, 1.54) is 12.3 Å². The summed E-state index contributed by atoms with van der Waals surface area (Å²) in [5.41, 5.74) is 0.422. The lowest BCUT2D eigenvalue weighted by atomic mass is 10.2. The van der Waals surface area contributed by atoms with Crippen LogP contribution in [0.4, 0.5) is 0 Å². The summed E-state index contributed by atoms with van der Waals surface area (Å²) in [6.07, 6.45) is 3.65. The average Bonchev–Trinajstić information content (AvgIpc) is 2.60. The molecule has 5 heteroatoms. The molecule has 0 aliphatic rings. The fourth-order valence-electron chi connectivity index (χ4n) is 1.18. The van der Waals surface area contributed by atoms with Crippen LogP contribution in [0.25, 0.3) is 10.1 Å². The first kappa shape index (κ1) is 8.83. The molecule has 0 aliphatic heterocycles. The molecule has 0 aliphatic carbocycles. The van der Waals surface area contributed by atoms with Crippen LogP contribution in [0.3, 0.4) is 0 Å². The maximum Gasteiger partial charge on any atom is 0.345 e. The predicted molar refractivity (Wildman–Crippen MR) is 52.0 cm³/mol. The number of rotatable bonds is 2. The first-order chi connectivity index (χ1) is 6.72. The maximum absolute atomic E-state index is 10.7. The zero-order valence-corrected chi connectivity index (χ0v) is 7.75. The van der Waals surface area contributed by atoms with Gasteiger partial charge in [0.15, 0.2) is 6.29 Å². The minimum absolute atomic E-state index is 0.219. The van der Waals surface area contributed by atoms with Crippen molar-refractivity contribution in [2.75, 3.05) is 0 Å². The second-order valence-corrected chi connectivity index (χ2v) is 3.76. The third kappa shape index (κ3) is 1.27. The Morgan fingerprint density at radius 2 is 2.29 bits per heavy atom. The van der Waals surface area contributed by atoms with Gasteiger partial charge in [-0.3, -0.25) is 9.78 Å². The summed E-state index contributed by atoms with van der Waals surface area (Å²) in [5, 5.41) is 9.40. The molecule has 1 N–H and O–H groups in total. The van der Waals surface area contributed by atoms with Gasteiger partial charge < -0.3 is 5.11 Å². The molecule has 0 aromatic carbocycles. The van der Waals surface area contributed by atoms with E-state index in [1.54, 1.807) is 6.20 Å². The van der Waals surface area contributed by atoms with E-state index in [9.17, 15) is 9.59 Å². The zero-order chi connectivity index (χ0) is 10.1. The van der Waals surface area contributed by atoms with Crippen molar-refractivity contribution in [2.24, 2.45) is 0 Å². The van der Waals surface area contributed by atoms with Crippen molar-refractivity contribution in [1.82, 2.24) is 4.98 Å². The standard InChI is InChI=1S/C9H5NO3S/c11-4-5-2-10-3-8-6(5)1-7(14-8)9(12)13/h1-4H,(H,12,13). The smallest absolute Gasteiger partial charge is 0.345 e. The van der Waals surface area contributed by atoms with Crippen LogP contribution in [0.15, 0.2) is 18.5 Å². The van der Waals surface area contributed by atoms with Crippen molar-refractivity contribution >= 4 is 33.7 Å². The number of hydrogen-bond acceptors (Lipinski definition) is 4. The quantitative estimate of drug-likeness (QED) is 0.762. The molecule has 2 rings (SSSR count). The van der Waals surface area contributed by atoms with Crippen molar-refractivity contribution in [1.29, 1.82) is 0 Å². The van der Waals surface area contributed by atoms with E-state index in [1.807, 2.05) is 0 Å². The number of thiophene rings is 1. The summed E-state index contributed by atoms with van der Waals surface area (Å²) >= 11 is 1.11. The van der Waals surface area contributed by atoms with E-state index >= 15 is 0 Å². The number of carbonyl (C=O) groups excluding carboxylic acids is 1. The van der Waals surface area contributed by atoms with Crippen LogP contribution < -0.4 is 0 Å². The predicted octanol–water partition coefficient (Wildman–Crippen LogP) is 1.81. The van der Waals surface area contributed by atoms with Crippen LogP contribution in [0.1, 0.15) is 20.0 Å². The fourth-order valence-corrected chi connectivity index (χ4v) is 2.08. The molecule has 0 atom stereocenters. The Labute approximate surface area is 82.8 Å². The van der Waals surface area contributed by atoms with Gasteiger partial charge >= 0.3 is 5.97 Å². The summed E-state index contributed by atoms with van der Waals surface area (Å²) in [5.74, 6) is -0.983. The SMILES string of the molecule is O=Cc1cncc2sc(C(=O)O)cc12. The second-order valence-electron chi connectivity index (χ2n) is 2.67. The van der Waals surface area contributed by atoms with Gasteiger partial charge in [-0.1, -0.05) is 0 Å². The Bertz CT molecular complexity index is 518. The number of aromatic nitrogens is 1. The van der Waals surface area contributed by atoms with Gasteiger partial charge in [0, 0.05) is 23.3 Å². The van der Waals surface area contributed by atoms with E-state index in [0.717, 1.165) is 11.3 Å². The lowest BCUT2D eigenvalue weighted by Crippen LogP contribution is -1.89. The number of carboxylic acids is 1. The van der Waals surface area contributed by atoms with Gasteiger partial charge in [0.25, 0.3) is 0 Å². The molecule has 0 unspecified atom stereocenters. The highest BCUT2D eigenvalue weighted by Gasteiger charge is 2.10. The number of pyridine rings is 1. The highest BCUT2D eigenvalue weighted by Crippen LogP contribution is 2.26. The van der Waals surface area contributed by atoms with E-state index in [2.05, 4.69) is 4.98 Å². The maximum atomic E-state index is 10.7. The molecule has 0 fully saturated rings. The molecule has 0 radical (unpaired) electrons. The Balaban J connectivity index is 2.76. The van der Waals surface area contributed by atoms with E-state index in [-0.39, 0.29) is 4.88 Å². The zero-order valence-electron chi connectivity index (χ0n) is 6.93. The van der Waals surface area contributed by atoms with Crippen molar-refractivity contribution in [3.63, 3.8) is 0 Å². The van der Waals surface area contributed by atoms with Gasteiger partial charge in [-0.25, -0.2) is 4.79 Å². The third-order valence-electron chi connectivity index (χ3n) is 1.81. The topological polar surface area (TPSA) is 67.3 Å². The summed E-state index contributed by atoms with van der Waals surface area (Å²) in [7, 11) is 0. The minimum atomic E-state index is -0.983. The summed E-state index contributed by atoms with van der Waals surface area (Å²) < 4.78 is 0.715. The van der Waals surface area contributed by atoms with Gasteiger partial charge in [-0.05, 0) is 6.07 Å². The lowest BCUT2D eigenvalue weighted by molar-refractivity contribution is 0.0702. The Hall–Kier alpha value is -1.75. The van der Waals surface area contributed by atoms with E-state index in [0.29, 0.717) is 21.9 Å². The number of fused-ring (bicyclic) bond motifs is 1.